The van der Waals surface area contributed by atoms with E-state index < -0.39 is 0 Å². The van der Waals surface area contributed by atoms with Gasteiger partial charge < -0.3 is 0 Å². The van der Waals surface area contributed by atoms with Crippen LogP contribution >= 0.6 is 15.9 Å². The van der Waals surface area contributed by atoms with Crippen molar-refractivity contribution in [2.24, 2.45) is 11.8 Å². The molecular weight excluding hydrogens is 236 g/mol. The first-order chi connectivity index (χ1) is 6.75. The molecule has 0 N–H and O–H groups in total. The van der Waals surface area contributed by atoms with E-state index in [0.29, 0.717) is 0 Å². The van der Waals surface area contributed by atoms with E-state index in [9.17, 15) is 0 Å². The maximum Gasteiger partial charge on any atom is 0.0174 e. The lowest BCUT2D eigenvalue weighted by molar-refractivity contribution is 0.379. The molecule has 0 aromatic heterocycles. The van der Waals surface area contributed by atoms with Crippen LogP contribution in [0.3, 0.4) is 0 Å². The summed E-state index contributed by atoms with van der Waals surface area (Å²) in [4.78, 5) is 0.808. The molecular formula is C13H25Br. The van der Waals surface area contributed by atoms with Gasteiger partial charge in [0.2, 0.25) is 0 Å². The van der Waals surface area contributed by atoms with Crippen LogP contribution in [0.25, 0.3) is 0 Å². The Bertz CT molecular complexity index is 144. The fourth-order valence-electron chi connectivity index (χ4n) is 2.61. The molecule has 1 aliphatic carbocycles. The van der Waals surface area contributed by atoms with Gasteiger partial charge in [0.25, 0.3) is 0 Å². The third kappa shape index (κ3) is 3.92. The number of hydrogen-bond donors (Lipinski definition) is 0. The predicted molar refractivity (Wildman–Crippen MR) is 68.0 cm³/mol. The van der Waals surface area contributed by atoms with E-state index in [1.807, 2.05) is 0 Å². The minimum Gasteiger partial charge on any atom is -0.0888 e. The van der Waals surface area contributed by atoms with E-state index >= 15 is 0 Å². The maximum atomic E-state index is 3.78. The van der Waals surface area contributed by atoms with Crippen molar-refractivity contribution in [2.45, 2.75) is 70.0 Å². The van der Waals surface area contributed by atoms with Crippen LogP contribution in [0.1, 0.15) is 65.2 Å². The Morgan fingerprint density at radius 2 is 1.79 bits per heavy atom. The van der Waals surface area contributed by atoms with Crippen LogP contribution < -0.4 is 0 Å². The van der Waals surface area contributed by atoms with Crippen molar-refractivity contribution < 1.29 is 0 Å². The lowest BCUT2D eigenvalue weighted by atomic mass is 9.92. The number of hydrogen-bond acceptors (Lipinski definition) is 0. The average molecular weight is 261 g/mol. The molecule has 0 amide bonds. The normalized spacial score (nSPS) is 32.4. The Hall–Kier alpha value is 0.480. The molecule has 0 heterocycles. The van der Waals surface area contributed by atoms with E-state index in [1.54, 1.807) is 0 Å². The molecule has 1 aliphatic rings. The summed E-state index contributed by atoms with van der Waals surface area (Å²) >= 11 is 3.78. The minimum absolute atomic E-state index is 0.808. The molecule has 0 spiro atoms. The molecule has 0 radical (unpaired) electrons. The maximum absolute atomic E-state index is 3.78. The first-order valence-corrected chi connectivity index (χ1v) is 7.31. The number of alkyl halides is 1. The smallest absolute Gasteiger partial charge is 0.0174 e. The summed E-state index contributed by atoms with van der Waals surface area (Å²) in [5.74, 6) is 1.93. The highest BCUT2D eigenvalue weighted by atomic mass is 79.9. The second-order valence-electron chi connectivity index (χ2n) is 4.92. The van der Waals surface area contributed by atoms with E-state index in [0.717, 1.165) is 16.7 Å². The second-order valence-corrected chi connectivity index (χ2v) is 6.09. The first-order valence-electron chi connectivity index (χ1n) is 6.39. The molecule has 14 heavy (non-hydrogen) atoms. The molecule has 1 saturated carbocycles. The van der Waals surface area contributed by atoms with Gasteiger partial charge in [-0.15, -0.1) is 0 Å². The van der Waals surface area contributed by atoms with Crippen molar-refractivity contribution in [1.82, 2.24) is 0 Å². The van der Waals surface area contributed by atoms with Crippen LogP contribution in [0.4, 0.5) is 0 Å². The van der Waals surface area contributed by atoms with Crippen molar-refractivity contribution >= 4 is 15.9 Å². The molecule has 0 aromatic carbocycles. The van der Waals surface area contributed by atoms with Gasteiger partial charge >= 0.3 is 0 Å². The average Bonchev–Trinajstić information content (AvgIpc) is 2.49. The van der Waals surface area contributed by atoms with Gasteiger partial charge in [0, 0.05) is 4.83 Å². The van der Waals surface area contributed by atoms with Crippen LogP contribution in [0, 0.1) is 11.8 Å². The molecule has 0 aromatic rings. The summed E-state index contributed by atoms with van der Waals surface area (Å²) in [6, 6.07) is 0. The van der Waals surface area contributed by atoms with Gasteiger partial charge in [0.05, 0.1) is 0 Å². The summed E-state index contributed by atoms with van der Waals surface area (Å²) in [6.07, 6.45) is 11.5. The zero-order valence-corrected chi connectivity index (χ0v) is 11.4. The van der Waals surface area contributed by atoms with E-state index in [-0.39, 0.29) is 0 Å². The summed E-state index contributed by atoms with van der Waals surface area (Å²) in [7, 11) is 0. The Kier molecular flexibility index (Phi) is 6.16. The summed E-state index contributed by atoms with van der Waals surface area (Å²) in [5, 5.41) is 0. The molecule has 1 heteroatoms. The van der Waals surface area contributed by atoms with E-state index in [4.69, 9.17) is 0 Å². The van der Waals surface area contributed by atoms with Crippen LogP contribution in [-0.4, -0.2) is 4.83 Å². The number of rotatable bonds is 6. The van der Waals surface area contributed by atoms with Crippen LogP contribution in [0.15, 0.2) is 0 Å². The zero-order chi connectivity index (χ0) is 10.4. The van der Waals surface area contributed by atoms with Crippen molar-refractivity contribution in [3.63, 3.8) is 0 Å². The molecule has 3 unspecified atom stereocenters. The van der Waals surface area contributed by atoms with Gasteiger partial charge in [0.15, 0.2) is 0 Å². The quantitative estimate of drug-likeness (QED) is 0.458. The first kappa shape index (κ1) is 12.5. The van der Waals surface area contributed by atoms with E-state index in [1.165, 1.54) is 51.4 Å². The molecule has 0 nitrogen and oxygen atoms in total. The lowest BCUT2D eigenvalue weighted by Crippen LogP contribution is -2.10. The molecule has 3 atom stereocenters. The van der Waals surface area contributed by atoms with Crippen LogP contribution in [0.2, 0.25) is 0 Å². The summed E-state index contributed by atoms with van der Waals surface area (Å²) < 4.78 is 0. The molecule has 84 valence electrons. The highest BCUT2D eigenvalue weighted by Crippen LogP contribution is 2.39. The number of unbranched alkanes of at least 4 members (excludes halogenated alkanes) is 4. The molecule has 0 bridgehead atoms. The van der Waals surface area contributed by atoms with Crippen molar-refractivity contribution in [3.8, 4) is 0 Å². The van der Waals surface area contributed by atoms with Gasteiger partial charge in [-0.3, -0.25) is 0 Å². The fraction of sp³-hybridized carbons (Fsp3) is 1.00. The third-order valence-electron chi connectivity index (χ3n) is 3.81. The van der Waals surface area contributed by atoms with Gasteiger partial charge in [-0.1, -0.05) is 68.3 Å². The molecule has 1 fully saturated rings. The zero-order valence-electron chi connectivity index (χ0n) is 9.77. The molecule has 1 rings (SSSR count). The topological polar surface area (TPSA) is 0 Å². The largest absolute Gasteiger partial charge is 0.0888 e. The second kappa shape index (κ2) is 6.87. The monoisotopic (exact) mass is 260 g/mol. The van der Waals surface area contributed by atoms with Gasteiger partial charge in [-0.2, -0.15) is 0 Å². The van der Waals surface area contributed by atoms with Gasteiger partial charge in [-0.25, -0.2) is 0 Å². The third-order valence-corrected chi connectivity index (χ3v) is 5.10. The summed E-state index contributed by atoms with van der Waals surface area (Å²) in [5.41, 5.74) is 0. The summed E-state index contributed by atoms with van der Waals surface area (Å²) in [6.45, 7) is 4.71. The SMILES string of the molecule is CCCCCCCC1CCC(Br)C1C. The fourth-order valence-corrected chi connectivity index (χ4v) is 3.31. The lowest BCUT2D eigenvalue weighted by Gasteiger charge is -2.16. The highest BCUT2D eigenvalue weighted by molar-refractivity contribution is 9.09. The molecule has 0 saturated heterocycles. The number of halogens is 1. The predicted octanol–water partition coefficient (Wildman–Crippen LogP) is 5.16. The van der Waals surface area contributed by atoms with Crippen LogP contribution in [0.5, 0.6) is 0 Å². The Balaban J connectivity index is 2.01. The van der Waals surface area contributed by atoms with Crippen molar-refractivity contribution in [1.29, 1.82) is 0 Å². The van der Waals surface area contributed by atoms with E-state index in [2.05, 4.69) is 29.8 Å². The van der Waals surface area contributed by atoms with Gasteiger partial charge in [-0.05, 0) is 24.7 Å². The van der Waals surface area contributed by atoms with Crippen molar-refractivity contribution in [2.75, 3.05) is 0 Å². The minimum atomic E-state index is 0.808. The molecule has 0 aliphatic heterocycles. The highest BCUT2D eigenvalue weighted by Gasteiger charge is 2.29. The standard InChI is InChI=1S/C13H25Br/c1-3-4-5-6-7-8-12-9-10-13(14)11(12)2/h11-13H,3-10H2,1-2H3. The Morgan fingerprint density at radius 1 is 1.07 bits per heavy atom. The van der Waals surface area contributed by atoms with Gasteiger partial charge in [0.1, 0.15) is 0 Å². The van der Waals surface area contributed by atoms with Crippen molar-refractivity contribution in [3.05, 3.63) is 0 Å². The Labute approximate surface area is 98.0 Å². The van der Waals surface area contributed by atoms with Crippen LogP contribution in [-0.2, 0) is 0 Å². The Morgan fingerprint density at radius 3 is 2.36 bits per heavy atom.